The molecule has 3 heterocycles. The summed E-state index contributed by atoms with van der Waals surface area (Å²) in [6.07, 6.45) is 0. The molecular weight excluding hydrogens is 452 g/mol. The van der Waals surface area contributed by atoms with Crippen LogP contribution >= 0.6 is 22.9 Å². The summed E-state index contributed by atoms with van der Waals surface area (Å²) in [6, 6.07) is 18.1. The summed E-state index contributed by atoms with van der Waals surface area (Å²) in [6.45, 7) is 5.99. The summed E-state index contributed by atoms with van der Waals surface area (Å²) in [5.74, 6) is 2.55. The van der Waals surface area contributed by atoms with Crippen molar-refractivity contribution in [2.24, 2.45) is 0 Å². The van der Waals surface area contributed by atoms with Gasteiger partial charge in [-0.3, -0.25) is 0 Å². The van der Waals surface area contributed by atoms with Crippen LogP contribution in [-0.4, -0.2) is 53.1 Å². The number of piperazine rings is 1. The third kappa shape index (κ3) is 5.16. The van der Waals surface area contributed by atoms with E-state index in [-0.39, 0.29) is 0 Å². The Bertz CT molecular complexity index is 1230. The van der Waals surface area contributed by atoms with Crippen LogP contribution in [0.1, 0.15) is 5.82 Å². The predicted molar refractivity (Wildman–Crippen MR) is 138 cm³/mol. The Morgan fingerprint density at radius 1 is 0.879 bits per heavy atom. The molecule has 0 aliphatic carbocycles. The molecule has 168 valence electrons. The van der Waals surface area contributed by atoms with E-state index in [0.29, 0.717) is 0 Å². The number of rotatable bonds is 5. The average Bonchev–Trinajstić information content (AvgIpc) is 3.30. The Morgan fingerprint density at radius 3 is 2.30 bits per heavy atom. The van der Waals surface area contributed by atoms with E-state index < -0.39 is 0 Å². The SMILES string of the molecule is Cc1nc(Nc2ccc(-c3csc(-c4ccc(Cl)cc4)n3)cc2)cc(N2CCN(C)CC2)n1. The van der Waals surface area contributed by atoms with E-state index in [1.165, 1.54) is 0 Å². The number of anilines is 3. The molecule has 1 N–H and O–H groups in total. The standard InChI is InChI=1S/C25H25ClN6S/c1-17-27-23(15-24(28-17)32-13-11-31(2)12-14-32)29-21-9-5-18(6-10-21)22-16-33-25(30-22)19-3-7-20(26)8-4-19/h3-10,15-16H,11-14H2,1-2H3,(H,27,28,29). The number of hydrogen-bond donors (Lipinski definition) is 1. The second kappa shape index (κ2) is 9.47. The van der Waals surface area contributed by atoms with Gasteiger partial charge in [-0.15, -0.1) is 11.3 Å². The number of hydrogen-bond acceptors (Lipinski definition) is 7. The number of nitrogens with zero attached hydrogens (tertiary/aromatic N) is 5. The third-order valence-electron chi connectivity index (χ3n) is 5.70. The van der Waals surface area contributed by atoms with Gasteiger partial charge in [0.15, 0.2) is 0 Å². The van der Waals surface area contributed by atoms with Gasteiger partial charge in [-0.1, -0.05) is 35.9 Å². The number of likely N-dealkylation sites (N-methyl/N-ethyl adjacent to an activating group) is 1. The van der Waals surface area contributed by atoms with Crippen molar-refractivity contribution in [2.45, 2.75) is 6.92 Å². The minimum Gasteiger partial charge on any atom is -0.354 e. The monoisotopic (exact) mass is 476 g/mol. The van der Waals surface area contributed by atoms with Gasteiger partial charge in [0.1, 0.15) is 22.5 Å². The summed E-state index contributed by atoms with van der Waals surface area (Å²) in [5, 5.41) is 7.23. The lowest BCUT2D eigenvalue weighted by molar-refractivity contribution is 0.312. The summed E-state index contributed by atoms with van der Waals surface area (Å²) < 4.78 is 0. The van der Waals surface area contributed by atoms with Gasteiger partial charge in [0.25, 0.3) is 0 Å². The van der Waals surface area contributed by atoms with Crippen molar-refractivity contribution >= 4 is 40.3 Å². The topological polar surface area (TPSA) is 57.2 Å². The highest BCUT2D eigenvalue weighted by Gasteiger charge is 2.16. The van der Waals surface area contributed by atoms with Crippen molar-refractivity contribution in [3.63, 3.8) is 0 Å². The molecule has 8 heteroatoms. The van der Waals surface area contributed by atoms with Gasteiger partial charge in [0, 0.05) is 59.5 Å². The third-order valence-corrected chi connectivity index (χ3v) is 6.84. The Morgan fingerprint density at radius 2 is 1.58 bits per heavy atom. The van der Waals surface area contributed by atoms with E-state index in [1.54, 1.807) is 11.3 Å². The molecule has 6 nitrogen and oxygen atoms in total. The predicted octanol–water partition coefficient (Wildman–Crippen LogP) is 5.72. The molecule has 1 fully saturated rings. The van der Waals surface area contributed by atoms with Gasteiger partial charge < -0.3 is 15.1 Å². The van der Waals surface area contributed by atoms with Crippen LogP contribution in [0.3, 0.4) is 0 Å². The second-order valence-corrected chi connectivity index (χ2v) is 9.49. The molecule has 2 aromatic carbocycles. The number of aryl methyl sites for hydroxylation is 1. The molecule has 0 amide bonds. The van der Waals surface area contributed by atoms with Gasteiger partial charge in [-0.2, -0.15) is 0 Å². The van der Waals surface area contributed by atoms with Crippen molar-refractivity contribution in [2.75, 3.05) is 43.4 Å². The fraction of sp³-hybridized carbons (Fsp3) is 0.240. The maximum atomic E-state index is 6.00. The summed E-state index contributed by atoms with van der Waals surface area (Å²) >= 11 is 7.63. The first-order chi connectivity index (χ1) is 16.0. The first-order valence-electron chi connectivity index (χ1n) is 10.9. The molecule has 1 aliphatic rings. The molecular formula is C25H25ClN6S. The lowest BCUT2D eigenvalue weighted by Crippen LogP contribution is -2.44. The lowest BCUT2D eigenvalue weighted by atomic mass is 10.1. The van der Waals surface area contributed by atoms with E-state index >= 15 is 0 Å². The van der Waals surface area contributed by atoms with Crippen molar-refractivity contribution in [3.05, 3.63) is 70.8 Å². The highest BCUT2D eigenvalue weighted by atomic mass is 35.5. The molecule has 0 bridgehead atoms. The Kier molecular flexibility index (Phi) is 6.26. The molecule has 0 radical (unpaired) electrons. The van der Waals surface area contributed by atoms with Crippen LogP contribution in [0.5, 0.6) is 0 Å². The van der Waals surface area contributed by atoms with Gasteiger partial charge in [-0.05, 0) is 38.2 Å². The maximum absolute atomic E-state index is 6.00. The van der Waals surface area contributed by atoms with Gasteiger partial charge in [0.2, 0.25) is 0 Å². The fourth-order valence-corrected chi connectivity index (χ4v) is 4.78. The van der Waals surface area contributed by atoms with Crippen molar-refractivity contribution in [1.29, 1.82) is 0 Å². The van der Waals surface area contributed by atoms with E-state index in [0.717, 1.165) is 76.2 Å². The van der Waals surface area contributed by atoms with E-state index in [9.17, 15) is 0 Å². The van der Waals surface area contributed by atoms with E-state index in [2.05, 4.69) is 61.8 Å². The first-order valence-corrected chi connectivity index (χ1v) is 12.2. The largest absolute Gasteiger partial charge is 0.354 e. The fourth-order valence-electron chi connectivity index (χ4n) is 3.82. The molecule has 1 saturated heterocycles. The molecule has 0 saturated carbocycles. The molecule has 2 aromatic heterocycles. The molecule has 1 aliphatic heterocycles. The number of aromatic nitrogens is 3. The Labute approximate surface area is 202 Å². The number of nitrogens with one attached hydrogen (secondary N) is 1. The number of benzene rings is 2. The average molecular weight is 477 g/mol. The van der Waals surface area contributed by atoms with Crippen molar-refractivity contribution in [1.82, 2.24) is 19.9 Å². The zero-order valence-corrected chi connectivity index (χ0v) is 20.2. The van der Waals surface area contributed by atoms with Crippen LogP contribution in [0, 0.1) is 6.92 Å². The molecule has 33 heavy (non-hydrogen) atoms. The van der Waals surface area contributed by atoms with E-state index in [1.807, 2.05) is 37.3 Å². The van der Waals surface area contributed by atoms with Gasteiger partial charge in [-0.25, -0.2) is 15.0 Å². The Hall–Kier alpha value is -3.00. The quantitative estimate of drug-likeness (QED) is 0.397. The summed E-state index contributed by atoms with van der Waals surface area (Å²) in [5.41, 5.74) is 4.10. The van der Waals surface area contributed by atoms with Gasteiger partial charge >= 0.3 is 0 Å². The molecule has 0 spiro atoms. The van der Waals surface area contributed by atoms with Gasteiger partial charge in [0.05, 0.1) is 5.69 Å². The second-order valence-electron chi connectivity index (χ2n) is 8.20. The highest BCUT2D eigenvalue weighted by Crippen LogP contribution is 2.30. The zero-order chi connectivity index (χ0) is 22.8. The molecule has 4 aromatic rings. The van der Waals surface area contributed by atoms with Crippen molar-refractivity contribution in [3.8, 4) is 21.8 Å². The van der Waals surface area contributed by atoms with Crippen LogP contribution in [0.4, 0.5) is 17.3 Å². The van der Waals surface area contributed by atoms with Crippen LogP contribution in [-0.2, 0) is 0 Å². The lowest BCUT2D eigenvalue weighted by Gasteiger charge is -2.33. The minimum absolute atomic E-state index is 0.730. The zero-order valence-electron chi connectivity index (χ0n) is 18.6. The Balaban J connectivity index is 1.30. The number of halogens is 1. The minimum atomic E-state index is 0.730. The van der Waals surface area contributed by atoms with Crippen molar-refractivity contribution < 1.29 is 0 Å². The number of thiazole rings is 1. The maximum Gasteiger partial charge on any atom is 0.136 e. The van der Waals surface area contributed by atoms with Crippen LogP contribution in [0.2, 0.25) is 5.02 Å². The normalized spacial score (nSPS) is 14.5. The first kappa shape index (κ1) is 21.8. The summed E-state index contributed by atoms with van der Waals surface area (Å²) in [4.78, 5) is 18.7. The smallest absolute Gasteiger partial charge is 0.136 e. The van der Waals surface area contributed by atoms with Crippen LogP contribution in [0.15, 0.2) is 60.0 Å². The molecule has 5 rings (SSSR count). The molecule has 0 unspecified atom stereocenters. The van der Waals surface area contributed by atoms with Crippen LogP contribution in [0.25, 0.3) is 21.8 Å². The summed E-state index contributed by atoms with van der Waals surface area (Å²) in [7, 11) is 2.16. The van der Waals surface area contributed by atoms with Crippen LogP contribution < -0.4 is 10.2 Å². The highest BCUT2D eigenvalue weighted by molar-refractivity contribution is 7.13. The van der Waals surface area contributed by atoms with E-state index in [4.69, 9.17) is 16.6 Å². The molecule has 0 atom stereocenters.